The van der Waals surface area contributed by atoms with E-state index in [4.69, 9.17) is 9.47 Å². The number of nitrogens with one attached hydrogen (secondary N) is 1. The summed E-state index contributed by atoms with van der Waals surface area (Å²) in [4.78, 5) is 40.2. The number of nitrogens with zero attached hydrogens (tertiary/aromatic N) is 1. The lowest BCUT2D eigenvalue weighted by atomic mass is 9.99. The van der Waals surface area contributed by atoms with Gasteiger partial charge in [-0.2, -0.15) is 0 Å². The topological polar surface area (TPSA) is 94.6 Å². The molecule has 0 fully saturated rings. The number of amides is 1. The van der Waals surface area contributed by atoms with Gasteiger partial charge in [0.2, 0.25) is 0 Å². The van der Waals surface area contributed by atoms with Gasteiger partial charge in [-0.05, 0) is 5.92 Å². The zero-order chi connectivity index (χ0) is 19.8. The minimum absolute atomic E-state index is 0.107. The third kappa shape index (κ3) is 5.62. The Morgan fingerprint density at radius 1 is 1.22 bits per heavy atom. The molecule has 1 aromatic carbocycles. The minimum Gasteiger partial charge on any atom is -0.467 e. The highest BCUT2D eigenvalue weighted by Crippen LogP contribution is 2.23. The lowest BCUT2D eigenvalue weighted by Gasteiger charge is -2.21. The molecule has 0 aliphatic heterocycles. The first-order chi connectivity index (χ1) is 13.0. The average molecular weight is 390 g/mol. The summed E-state index contributed by atoms with van der Waals surface area (Å²) < 4.78 is 9.71. The molecule has 1 N–H and O–H groups in total. The van der Waals surface area contributed by atoms with Crippen LogP contribution in [0.1, 0.15) is 30.8 Å². The van der Waals surface area contributed by atoms with E-state index < -0.39 is 30.5 Å². The van der Waals surface area contributed by atoms with Crippen molar-refractivity contribution in [1.82, 2.24) is 10.3 Å². The van der Waals surface area contributed by atoms with Crippen LogP contribution in [-0.4, -0.2) is 42.6 Å². The molecule has 0 unspecified atom stereocenters. The van der Waals surface area contributed by atoms with Crippen molar-refractivity contribution in [3.63, 3.8) is 0 Å². The standard InChI is InChI=1S/C19H22N2O5S/c1-4-12(2)16(19(24)25-3)21-15(22)10-26-18(23)14-11-27-17(20-14)13-8-6-5-7-9-13/h5-9,11-12,16H,4,10H2,1-3H3,(H,21,22)/t12-,16+/m0/s1. The summed E-state index contributed by atoms with van der Waals surface area (Å²) in [7, 11) is 1.26. The molecule has 0 aliphatic carbocycles. The van der Waals surface area contributed by atoms with Crippen LogP contribution < -0.4 is 5.32 Å². The van der Waals surface area contributed by atoms with Crippen molar-refractivity contribution in [1.29, 1.82) is 0 Å². The van der Waals surface area contributed by atoms with Gasteiger partial charge in [-0.1, -0.05) is 50.6 Å². The summed E-state index contributed by atoms with van der Waals surface area (Å²) in [6.07, 6.45) is 0.681. The fourth-order valence-electron chi connectivity index (χ4n) is 2.30. The monoisotopic (exact) mass is 390 g/mol. The van der Waals surface area contributed by atoms with Crippen molar-refractivity contribution >= 4 is 29.2 Å². The molecule has 1 heterocycles. The number of carbonyl (C=O) groups excluding carboxylic acids is 3. The molecule has 0 spiro atoms. The summed E-state index contributed by atoms with van der Waals surface area (Å²) in [6, 6.07) is 8.66. The normalized spacial score (nSPS) is 12.7. The average Bonchev–Trinajstić information content (AvgIpc) is 3.20. The van der Waals surface area contributed by atoms with Crippen LogP contribution in [0.3, 0.4) is 0 Å². The van der Waals surface area contributed by atoms with Gasteiger partial charge in [-0.3, -0.25) is 4.79 Å². The van der Waals surface area contributed by atoms with Crippen molar-refractivity contribution < 1.29 is 23.9 Å². The minimum atomic E-state index is -0.782. The van der Waals surface area contributed by atoms with Gasteiger partial charge in [0, 0.05) is 10.9 Å². The predicted octanol–water partition coefficient (Wildman–Crippen LogP) is 2.67. The van der Waals surface area contributed by atoms with E-state index in [1.807, 2.05) is 44.2 Å². The Hall–Kier alpha value is -2.74. The molecule has 7 nitrogen and oxygen atoms in total. The van der Waals surface area contributed by atoms with Crippen LogP contribution in [0.15, 0.2) is 35.7 Å². The molecule has 2 aromatic rings. The molecule has 1 aromatic heterocycles. The number of benzene rings is 1. The quantitative estimate of drug-likeness (QED) is 0.697. The van der Waals surface area contributed by atoms with E-state index in [0.717, 1.165) is 5.56 Å². The second-order valence-electron chi connectivity index (χ2n) is 5.93. The first kappa shape index (κ1) is 20.6. The van der Waals surface area contributed by atoms with Crippen LogP contribution in [-0.2, 0) is 19.1 Å². The summed E-state index contributed by atoms with van der Waals surface area (Å²) in [5.41, 5.74) is 1.03. The van der Waals surface area contributed by atoms with E-state index in [9.17, 15) is 14.4 Å². The number of esters is 2. The summed E-state index contributed by atoms with van der Waals surface area (Å²) >= 11 is 1.32. The van der Waals surface area contributed by atoms with Gasteiger partial charge in [0.15, 0.2) is 12.3 Å². The van der Waals surface area contributed by atoms with E-state index in [1.54, 1.807) is 5.38 Å². The Kier molecular flexibility index (Phi) is 7.48. The Morgan fingerprint density at radius 3 is 2.56 bits per heavy atom. The molecule has 2 rings (SSSR count). The van der Waals surface area contributed by atoms with E-state index in [2.05, 4.69) is 10.3 Å². The number of methoxy groups -OCH3 is 1. The molecular formula is C19H22N2O5S. The fraction of sp³-hybridized carbons (Fsp3) is 0.368. The summed E-state index contributed by atoms with van der Waals surface area (Å²) in [5, 5.41) is 4.82. The number of rotatable bonds is 8. The van der Waals surface area contributed by atoms with Crippen LogP contribution in [0.2, 0.25) is 0 Å². The molecule has 2 atom stereocenters. The number of carbonyl (C=O) groups is 3. The van der Waals surface area contributed by atoms with Gasteiger partial charge in [0.1, 0.15) is 11.0 Å². The first-order valence-corrected chi connectivity index (χ1v) is 9.39. The van der Waals surface area contributed by atoms with Crippen LogP contribution in [0.4, 0.5) is 0 Å². The molecule has 1 amide bonds. The Morgan fingerprint density at radius 2 is 1.93 bits per heavy atom. The maximum atomic E-state index is 12.1. The first-order valence-electron chi connectivity index (χ1n) is 8.51. The highest BCUT2D eigenvalue weighted by Gasteiger charge is 2.27. The van der Waals surface area contributed by atoms with Gasteiger partial charge >= 0.3 is 11.9 Å². The third-order valence-electron chi connectivity index (χ3n) is 4.05. The highest BCUT2D eigenvalue weighted by atomic mass is 32.1. The molecule has 0 saturated carbocycles. The largest absolute Gasteiger partial charge is 0.467 e. The molecule has 8 heteroatoms. The lowest BCUT2D eigenvalue weighted by molar-refractivity contribution is -0.147. The number of hydrogen-bond acceptors (Lipinski definition) is 7. The maximum absolute atomic E-state index is 12.1. The molecule has 0 saturated heterocycles. The Labute approximate surface area is 161 Å². The Balaban J connectivity index is 1.92. The molecule has 144 valence electrons. The maximum Gasteiger partial charge on any atom is 0.358 e. The zero-order valence-corrected chi connectivity index (χ0v) is 16.2. The lowest BCUT2D eigenvalue weighted by Crippen LogP contribution is -2.47. The van der Waals surface area contributed by atoms with Crippen LogP contribution in [0, 0.1) is 5.92 Å². The molecule has 0 bridgehead atoms. The van der Waals surface area contributed by atoms with E-state index in [0.29, 0.717) is 11.4 Å². The smallest absolute Gasteiger partial charge is 0.358 e. The number of aromatic nitrogens is 1. The summed E-state index contributed by atoms with van der Waals surface area (Å²) in [6.45, 7) is 3.23. The molecule has 27 heavy (non-hydrogen) atoms. The van der Waals surface area contributed by atoms with Crippen molar-refractivity contribution in [2.75, 3.05) is 13.7 Å². The molecule has 0 radical (unpaired) electrons. The highest BCUT2D eigenvalue weighted by molar-refractivity contribution is 7.13. The van der Waals surface area contributed by atoms with Gasteiger partial charge < -0.3 is 14.8 Å². The van der Waals surface area contributed by atoms with E-state index in [1.165, 1.54) is 18.4 Å². The Bertz CT molecular complexity index is 790. The van der Waals surface area contributed by atoms with E-state index >= 15 is 0 Å². The van der Waals surface area contributed by atoms with Crippen molar-refractivity contribution in [3.05, 3.63) is 41.4 Å². The SMILES string of the molecule is CC[C@H](C)[C@@H](NC(=O)COC(=O)c1csc(-c2ccccc2)n1)C(=O)OC. The van der Waals surface area contributed by atoms with Gasteiger partial charge in [-0.15, -0.1) is 11.3 Å². The van der Waals surface area contributed by atoms with Gasteiger partial charge in [0.25, 0.3) is 5.91 Å². The number of thiazole rings is 1. The summed E-state index contributed by atoms with van der Waals surface area (Å²) in [5.74, 6) is -1.90. The van der Waals surface area contributed by atoms with Gasteiger partial charge in [0.05, 0.1) is 7.11 Å². The molecular weight excluding hydrogens is 368 g/mol. The van der Waals surface area contributed by atoms with Crippen molar-refractivity contribution in [3.8, 4) is 10.6 Å². The number of hydrogen-bond donors (Lipinski definition) is 1. The van der Waals surface area contributed by atoms with E-state index in [-0.39, 0.29) is 11.6 Å². The van der Waals surface area contributed by atoms with Crippen LogP contribution in [0.25, 0.3) is 10.6 Å². The third-order valence-corrected chi connectivity index (χ3v) is 4.94. The predicted molar refractivity (Wildman–Crippen MR) is 101 cm³/mol. The van der Waals surface area contributed by atoms with Crippen molar-refractivity contribution in [2.45, 2.75) is 26.3 Å². The van der Waals surface area contributed by atoms with Gasteiger partial charge in [-0.25, -0.2) is 14.6 Å². The fourth-order valence-corrected chi connectivity index (χ4v) is 3.09. The molecule has 0 aliphatic rings. The number of ether oxygens (including phenoxy) is 2. The van der Waals surface area contributed by atoms with Crippen LogP contribution >= 0.6 is 11.3 Å². The second-order valence-corrected chi connectivity index (χ2v) is 6.79. The zero-order valence-electron chi connectivity index (χ0n) is 15.4. The second kappa shape index (κ2) is 9.82. The van der Waals surface area contributed by atoms with Crippen LogP contribution in [0.5, 0.6) is 0 Å². The van der Waals surface area contributed by atoms with Crippen molar-refractivity contribution in [2.24, 2.45) is 5.92 Å².